The molecule has 0 radical (unpaired) electrons. The highest BCUT2D eigenvalue weighted by Crippen LogP contribution is 2.20. The molecule has 5 heteroatoms. The van der Waals surface area contributed by atoms with Crippen LogP contribution >= 0.6 is 0 Å². The van der Waals surface area contributed by atoms with E-state index in [2.05, 4.69) is 5.32 Å². The number of hydrogen-bond donors (Lipinski definition) is 1. The molecule has 0 aromatic heterocycles. The van der Waals surface area contributed by atoms with E-state index in [9.17, 15) is 13.2 Å². The highest BCUT2D eigenvalue weighted by molar-refractivity contribution is 4.64. The fraction of sp³-hybridized carbons (Fsp3) is 1.00. The van der Waals surface area contributed by atoms with Crippen LogP contribution in [0, 0.1) is 0 Å². The van der Waals surface area contributed by atoms with Crippen molar-refractivity contribution in [1.29, 1.82) is 0 Å². The molecule has 14 heavy (non-hydrogen) atoms. The van der Waals surface area contributed by atoms with Crippen molar-refractivity contribution in [2.45, 2.75) is 38.4 Å². The summed E-state index contributed by atoms with van der Waals surface area (Å²) in [5, 5.41) is 3.02. The fourth-order valence-corrected chi connectivity index (χ4v) is 1.12. The van der Waals surface area contributed by atoms with Crippen LogP contribution in [-0.4, -0.2) is 32.5 Å². The summed E-state index contributed by atoms with van der Waals surface area (Å²) in [6, 6.07) is 0.160. The van der Waals surface area contributed by atoms with E-state index < -0.39 is 12.6 Å². The van der Waals surface area contributed by atoms with Crippen molar-refractivity contribution in [1.82, 2.24) is 5.32 Å². The second-order valence-corrected chi connectivity index (χ2v) is 3.23. The number of hydrogen-bond acceptors (Lipinski definition) is 2. The molecule has 0 aliphatic carbocycles. The minimum atomic E-state index is -4.04. The van der Waals surface area contributed by atoms with Crippen LogP contribution in [0.5, 0.6) is 0 Å². The minimum absolute atomic E-state index is 0.129. The number of alkyl halides is 3. The third-order valence-corrected chi connectivity index (χ3v) is 1.93. The molecule has 0 aliphatic heterocycles. The van der Waals surface area contributed by atoms with Gasteiger partial charge in [-0.2, -0.15) is 13.2 Å². The lowest BCUT2D eigenvalue weighted by molar-refractivity contribution is -0.135. The lowest BCUT2D eigenvalue weighted by Crippen LogP contribution is -2.33. The van der Waals surface area contributed by atoms with E-state index in [4.69, 9.17) is 4.74 Å². The Morgan fingerprint density at radius 1 is 1.36 bits per heavy atom. The van der Waals surface area contributed by atoms with Gasteiger partial charge in [0.15, 0.2) is 0 Å². The number of ether oxygens (including phenoxy) is 1. The van der Waals surface area contributed by atoms with E-state index in [-0.39, 0.29) is 12.5 Å². The van der Waals surface area contributed by atoms with Gasteiger partial charge in [-0.1, -0.05) is 6.92 Å². The number of rotatable bonds is 7. The van der Waals surface area contributed by atoms with Crippen molar-refractivity contribution in [2.24, 2.45) is 0 Å². The Hall–Kier alpha value is -0.290. The third-order valence-electron chi connectivity index (χ3n) is 1.93. The Labute approximate surface area is 82.8 Å². The third kappa shape index (κ3) is 8.31. The predicted octanol–water partition coefficient (Wildman–Crippen LogP) is 2.34. The molecule has 2 nitrogen and oxygen atoms in total. The van der Waals surface area contributed by atoms with Crippen LogP contribution in [0.3, 0.4) is 0 Å². The summed E-state index contributed by atoms with van der Waals surface area (Å²) in [5.74, 6) is 0. The molecule has 0 amide bonds. The van der Waals surface area contributed by atoms with Crippen molar-refractivity contribution in [2.75, 3.05) is 20.3 Å². The van der Waals surface area contributed by atoms with Crippen molar-refractivity contribution < 1.29 is 17.9 Å². The van der Waals surface area contributed by atoms with E-state index in [1.54, 1.807) is 7.11 Å². The molecule has 1 atom stereocenters. The van der Waals surface area contributed by atoms with Crippen LogP contribution in [-0.2, 0) is 4.74 Å². The molecule has 1 unspecified atom stereocenters. The topological polar surface area (TPSA) is 21.3 Å². The molecule has 0 aromatic carbocycles. The zero-order chi connectivity index (χ0) is 11.0. The number of nitrogens with one attached hydrogen (secondary N) is 1. The first-order chi connectivity index (χ1) is 6.49. The Balaban J connectivity index is 3.42. The van der Waals surface area contributed by atoms with Gasteiger partial charge in [-0.15, -0.1) is 0 Å². The van der Waals surface area contributed by atoms with Crippen LogP contribution in [0.25, 0.3) is 0 Å². The van der Waals surface area contributed by atoms with Crippen LogP contribution in [0.2, 0.25) is 0 Å². The second-order valence-electron chi connectivity index (χ2n) is 3.23. The van der Waals surface area contributed by atoms with E-state index >= 15 is 0 Å². The highest BCUT2D eigenvalue weighted by Gasteiger charge is 2.25. The Kier molecular flexibility index (Phi) is 6.92. The lowest BCUT2D eigenvalue weighted by Gasteiger charge is -2.15. The maximum atomic E-state index is 11.8. The van der Waals surface area contributed by atoms with Crippen molar-refractivity contribution in [3.63, 3.8) is 0 Å². The molecule has 0 aliphatic rings. The van der Waals surface area contributed by atoms with E-state index in [0.717, 1.165) is 6.42 Å². The van der Waals surface area contributed by atoms with E-state index in [1.165, 1.54) is 0 Å². The minimum Gasteiger partial charge on any atom is -0.383 e. The van der Waals surface area contributed by atoms with Gasteiger partial charge in [-0.25, -0.2) is 0 Å². The first-order valence-electron chi connectivity index (χ1n) is 4.78. The van der Waals surface area contributed by atoms with Gasteiger partial charge in [-0.3, -0.25) is 0 Å². The van der Waals surface area contributed by atoms with Gasteiger partial charge in [0.2, 0.25) is 0 Å². The summed E-state index contributed by atoms with van der Waals surface area (Å²) in [7, 11) is 1.58. The fourth-order valence-electron chi connectivity index (χ4n) is 1.12. The van der Waals surface area contributed by atoms with Gasteiger partial charge in [0.1, 0.15) is 0 Å². The maximum Gasteiger partial charge on any atom is 0.389 e. The van der Waals surface area contributed by atoms with Crippen LogP contribution in [0.4, 0.5) is 13.2 Å². The first-order valence-corrected chi connectivity index (χ1v) is 4.78. The van der Waals surface area contributed by atoms with Gasteiger partial charge in [-0.05, 0) is 19.4 Å². The average molecular weight is 213 g/mol. The Morgan fingerprint density at radius 3 is 2.43 bits per heavy atom. The maximum absolute atomic E-state index is 11.8. The zero-order valence-corrected chi connectivity index (χ0v) is 8.66. The molecule has 0 aromatic rings. The zero-order valence-electron chi connectivity index (χ0n) is 8.66. The summed E-state index contributed by atoms with van der Waals surface area (Å²) in [6.07, 6.45) is -3.77. The normalized spacial score (nSPS) is 14.4. The van der Waals surface area contributed by atoms with Crippen LogP contribution < -0.4 is 5.32 Å². The summed E-state index contributed by atoms with van der Waals surface area (Å²) in [4.78, 5) is 0. The van der Waals surface area contributed by atoms with Gasteiger partial charge in [0.05, 0.1) is 6.61 Å². The Bertz CT molecular complexity index is 139. The van der Waals surface area contributed by atoms with E-state index in [1.807, 2.05) is 6.92 Å². The van der Waals surface area contributed by atoms with Crippen LogP contribution in [0.1, 0.15) is 26.2 Å². The summed E-state index contributed by atoms with van der Waals surface area (Å²) in [6.45, 7) is 2.91. The van der Waals surface area contributed by atoms with Crippen molar-refractivity contribution in [3.05, 3.63) is 0 Å². The van der Waals surface area contributed by atoms with Crippen molar-refractivity contribution in [3.8, 4) is 0 Å². The largest absolute Gasteiger partial charge is 0.389 e. The predicted molar refractivity (Wildman–Crippen MR) is 49.2 cm³/mol. The smallest absolute Gasteiger partial charge is 0.383 e. The molecule has 0 bridgehead atoms. The standard InChI is InChI=1S/C9H18F3NO/c1-3-8(7-14-2)13-6-4-5-9(10,11)12/h8,13H,3-7H2,1-2H3. The Morgan fingerprint density at radius 2 is 2.00 bits per heavy atom. The van der Waals surface area contributed by atoms with Gasteiger partial charge >= 0.3 is 6.18 Å². The molecule has 0 heterocycles. The molecule has 0 saturated heterocycles. The molecule has 0 fully saturated rings. The number of halogens is 3. The average Bonchev–Trinajstić information content (AvgIpc) is 2.08. The quantitative estimate of drug-likeness (QED) is 0.655. The highest BCUT2D eigenvalue weighted by atomic mass is 19.4. The SMILES string of the molecule is CCC(COC)NCCCC(F)(F)F. The summed E-state index contributed by atoms with van der Waals surface area (Å²) >= 11 is 0. The molecule has 86 valence electrons. The molecule has 0 saturated carbocycles. The molecule has 0 rings (SSSR count). The van der Waals surface area contributed by atoms with Gasteiger partial charge in [0, 0.05) is 19.6 Å². The monoisotopic (exact) mass is 213 g/mol. The van der Waals surface area contributed by atoms with Crippen molar-refractivity contribution >= 4 is 0 Å². The first kappa shape index (κ1) is 13.7. The van der Waals surface area contributed by atoms with Gasteiger partial charge < -0.3 is 10.1 Å². The van der Waals surface area contributed by atoms with Gasteiger partial charge in [0.25, 0.3) is 0 Å². The van der Waals surface area contributed by atoms with E-state index in [0.29, 0.717) is 13.2 Å². The molecule has 1 N–H and O–H groups in total. The summed E-state index contributed by atoms with van der Waals surface area (Å²) in [5.41, 5.74) is 0. The molecule has 0 spiro atoms. The molecular formula is C9H18F3NO. The molecular weight excluding hydrogens is 195 g/mol. The van der Waals surface area contributed by atoms with Crippen LogP contribution in [0.15, 0.2) is 0 Å². The second kappa shape index (κ2) is 7.06. The summed E-state index contributed by atoms with van der Waals surface area (Å²) < 4.78 is 40.2. The number of methoxy groups -OCH3 is 1. The lowest BCUT2D eigenvalue weighted by atomic mass is 10.2.